The number of carbonyl (C=O) groups excluding carboxylic acids is 1. The van der Waals surface area contributed by atoms with Crippen LogP contribution in [0.3, 0.4) is 0 Å². The molecule has 3 aromatic rings. The summed E-state index contributed by atoms with van der Waals surface area (Å²) in [7, 11) is 1.63. The van der Waals surface area contributed by atoms with E-state index in [9.17, 15) is 23.4 Å². The van der Waals surface area contributed by atoms with Crippen molar-refractivity contribution in [3.63, 3.8) is 0 Å². The van der Waals surface area contributed by atoms with Crippen LogP contribution >= 0.6 is 11.8 Å². The molecule has 0 aliphatic carbocycles. The standard InChI is InChI=1S/C21H21F3N5O2S.K/c1-31-8-3-9-32-19(25)15-6-7-29-17(12-26-18(29)11-15)14-4-2-5-16(10-14)28-20(30)27-13-21(22,23)24;/h2,4-7,10-12H,3,8-9,13H2,1H3,(H2,27,28,30);/q-1;+1. The summed E-state index contributed by atoms with van der Waals surface area (Å²) in [5.41, 5.74) is 3.03. The molecule has 0 bridgehead atoms. The van der Waals surface area contributed by atoms with Crippen molar-refractivity contribution in [1.29, 1.82) is 0 Å². The van der Waals surface area contributed by atoms with E-state index in [4.69, 9.17) is 4.74 Å². The predicted molar refractivity (Wildman–Crippen MR) is 120 cm³/mol. The number of ether oxygens (including phenoxy) is 1. The molecule has 0 saturated heterocycles. The van der Waals surface area contributed by atoms with E-state index in [1.54, 1.807) is 61.2 Å². The first-order valence-corrected chi connectivity index (χ1v) is 10.6. The van der Waals surface area contributed by atoms with E-state index in [0.29, 0.717) is 29.1 Å². The van der Waals surface area contributed by atoms with E-state index in [1.165, 1.54) is 11.8 Å². The summed E-state index contributed by atoms with van der Waals surface area (Å²) in [5, 5.41) is 14.7. The summed E-state index contributed by atoms with van der Waals surface area (Å²) < 4.78 is 43.6. The van der Waals surface area contributed by atoms with E-state index in [0.717, 1.165) is 17.9 Å². The van der Waals surface area contributed by atoms with Gasteiger partial charge in [-0.1, -0.05) is 12.1 Å². The Hall–Kier alpha value is -1.41. The summed E-state index contributed by atoms with van der Waals surface area (Å²) in [5.74, 6) is 0.723. The number of nitrogens with zero attached hydrogens (tertiary/aromatic N) is 3. The van der Waals surface area contributed by atoms with Crippen LogP contribution in [0.15, 0.2) is 48.8 Å². The van der Waals surface area contributed by atoms with E-state index in [-0.39, 0.29) is 56.4 Å². The predicted octanol–water partition coefficient (Wildman–Crippen LogP) is 1.77. The molecule has 2 heterocycles. The topological polar surface area (TPSA) is 90.0 Å². The van der Waals surface area contributed by atoms with Crippen molar-refractivity contribution in [2.75, 3.05) is 31.3 Å². The molecule has 0 unspecified atom stereocenters. The first kappa shape index (κ1) is 27.8. The second-order valence-corrected chi connectivity index (χ2v) is 7.87. The number of amides is 2. The third-order valence-corrected chi connectivity index (χ3v) is 5.36. The van der Waals surface area contributed by atoms with Crippen LogP contribution in [0.2, 0.25) is 0 Å². The number of benzene rings is 1. The molecule has 0 spiro atoms. The Kier molecular flexibility index (Phi) is 10.9. The molecule has 7 nitrogen and oxygen atoms in total. The van der Waals surface area contributed by atoms with Gasteiger partial charge >= 0.3 is 63.6 Å². The summed E-state index contributed by atoms with van der Waals surface area (Å²) >= 11 is 1.33. The SMILES string of the molecule is COCCCSC(=[N-])c1ccn2c(-c3cccc(NC(=O)NCC(F)(F)F)c3)cnc2c1.[K+]. The zero-order chi connectivity index (χ0) is 23.1. The quantitative estimate of drug-likeness (QED) is 0.212. The van der Waals surface area contributed by atoms with Gasteiger partial charge in [-0.05, 0) is 42.0 Å². The second-order valence-electron chi connectivity index (χ2n) is 6.79. The number of hydrogen-bond acceptors (Lipinski definition) is 4. The number of anilines is 1. The number of imidazole rings is 1. The van der Waals surface area contributed by atoms with Crippen molar-refractivity contribution in [3.8, 4) is 11.3 Å². The van der Waals surface area contributed by atoms with Crippen molar-refractivity contribution in [1.82, 2.24) is 14.7 Å². The number of alkyl halides is 3. The van der Waals surface area contributed by atoms with Gasteiger partial charge in [0.1, 0.15) is 12.2 Å². The normalized spacial score (nSPS) is 11.2. The van der Waals surface area contributed by atoms with Gasteiger partial charge in [-0.3, -0.25) is 4.40 Å². The van der Waals surface area contributed by atoms with Crippen LogP contribution in [-0.4, -0.2) is 52.7 Å². The van der Waals surface area contributed by atoms with Crippen LogP contribution in [0, 0.1) is 0 Å². The number of rotatable bonds is 8. The third kappa shape index (κ3) is 8.39. The molecule has 0 atom stereocenters. The molecule has 0 radical (unpaired) electrons. The number of pyridine rings is 1. The fourth-order valence-corrected chi connectivity index (χ4v) is 3.64. The van der Waals surface area contributed by atoms with Crippen LogP contribution in [0.4, 0.5) is 23.7 Å². The Morgan fingerprint density at radius 1 is 1.27 bits per heavy atom. The fourth-order valence-electron chi connectivity index (χ4n) is 2.89. The molecule has 1 aromatic carbocycles. The molecule has 170 valence electrons. The maximum absolute atomic E-state index is 12.2. The number of thioether (sulfide) groups is 1. The average Bonchev–Trinajstić information content (AvgIpc) is 3.18. The molecule has 0 fully saturated rings. The summed E-state index contributed by atoms with van der Waals surface area (Å²) in [6.07, 6.45) is -0.248. The van der Waals surface area contributed by atoms with Gasteiger partial charge in [0, 0.05) is 31.2 Å². The molecule has 2 aromatic heterocycles. The van der Waals surface area contributed by atoms with E-state index >= 15 is 0 Å². The first-order valence-electron chi connectivity index (χ1n) is 9.64. The molecule has 0 aliphatic heterocycles. The van der Waals surface area contributed by atoms with E-state index in [2.05, 4.69) is 10.3 Å². The number of nitrogens with one attached hydrogen (secondary N) is 2. The molecule has 0 aliphatic rings. The minimum absolute atomic E-state index is 0. The number of carbonyl (C=O) groups is 1. The number of aromatic nitrogens is 2. The van der Waals surface area contributed by atoms with Gasteiger partial charge in [-0.25, -0.2) is 9.78 Å². The number of urea groups is 1. The zero-order valence-electron chi connectivity index (χ0n) is 18.1. The Morgan fingerprint density at radius 2 is 2.06 bits per heavy atom. The molecule has 3 rings (SSSR count). The van der Waals surface area contributed by atoms with Gasteiger partial charge in [-0.15, -0.1) is 5.04 Å². The van der Waals surface area contributed by atoms with Gasteiger partial charge in [0.05, 0.1) is 11.9 Å². The Balaban J connectivity index is 0.00000385. The molecular formula is C21H21F3KN5O2S. The monoisotopic (exact) mass is 503 g/mol. The van der Waals surface area contributed by atoms with Crippen LogP contribution < -0.4 is 62.0 Å². The zero-order valence-corrected chi connectivity index (χ0v) is 22.1. The average molecular weight is 504 g/mol. The number of halogens is 3. The molecule has 12 heteroatoms. The largest absolute Gasteiger partial charge is 1.00 e. The number of fused-ring (bicyclic) bond motifs is 1. The van der Waals surface area contributed by atoms with Gasteiger partial charge in [0.15, 0.2) is 0 Å². The van der Waals surface area contributed by atoms with E-state index in [1.807, 2.05) is 4.40 Å². The van der Waals surface area contributed by atoms with Crippen molar-refractivity contribution >= 4 is 34.2 Å². The summed E-state index contributed by atoms with van der Waals surface area (Å²) in [6, 6.07) is 9.27. The molecule has 33 heavy (non-hydrogen) atoms. The fraction of sp³-hybridized carbons (Fsp3) is 0.286. The van der Waals surface area contributed by atoms with Gasteiger partial charge in [0.2, 0.25) is 0 Å². The van der Waals surface area contributed by atoms with Gasteiger partial charge in [-0.2, -0.15) is 24.9 Å². The van der Waals surface area contributed by atoms with Crippen molar-refractivity contribution in [2.45, 2.75) is 12.6 Å². The third-order valence-electron chi connectivity index (χ3n) is 4.36. The van der Waals surface area contributed by atoms with Crippen molar-refractivity contribution in [2.24, 2.45) is 0 Å². The maximum atomic E-state index is 12.2. The summed E-state index contributed by atoms with van der Waals surface area (Å²) in [6.45, 7) is -0.788. The van der Waals surface area contributed by atoms with Crippen molar-refractivity contribution < 1.29 is 74.1 Å². The Labute approximate surface area is 235 Å². The maximum Gasteiger partial charge on any atom is 1.00 e. The number of methoxy groups -OCH3 is 1. The summed E-state index contributed by atoms with van der Waals surface area (Å²) in [4.78, 5) is 16.1. The van der Waals surface area contributed by atoms with Crippen LogP contribution in [0.1, 0.15) is 12.0 Å². The van der Waals surface area contributed by atoms with Gasteiger partial charge in [0.25, 0.3) is 0 Å². The second kappa shape index (κ2) is 12.9. The van der Waals surface area contributed by atoms with Crippen LogP contribution in [0.5, 0.6) is 0 Å². The molecule has 2 N–H and O–H groups in total. The van der Waals surface area contributed by atoms with Gasteiger partial charge < -0.3 is 20.8 Å². The molecule has 0 saturated carbocycles. The minimum Gasteiger partial charge on any atom is -0.798 e. The minimum atomic E-state index is -4.48. The van der Waals surface area contributed by atoms with E-state index < -0.39 is 18.8 Å². The Morgan fingerprint density at radius 3 is 2.79 bits per heavy atom. The van der Waals surface area contributed by atoms with Crippen molar-refractivity contribution in [3.05, 3.63) is 59.8 Å². The van der Waals surface area contributed by atoms with Crippen LogP contribution in [-0.2, 0) is 4.74 Å². The first-order chi connectivity index (χ1) is 15.3. The molecule has 2 amide bonds. The van der Waals surface area contributed by atoms with Crippen LogP contribution in [0.25, 0.3) is 22.3 Å². The Bertz CT molecular complexity index is 1110. The smallest absolute Gasteiger partial charge is 0.798 e. The molecular weight excluding hydrogens is 482 g/mol. The number of hydrogen-bond donors (Lipinski definition) is 2.